The second-order valence-corrected chi connectivity index (χ2v) is 12.8. The molecule has 0 aliphatic rings. The summed E-state index contributed by atoms with van der Waals surface area (Å²) in [6.07, 6.45) is 0.630. The van der Waals surface area contributed by atoms with E-state index in [1.807, 2.05) is 67.6 Å². The number of ether oxygens (including phenoxy) is 2. The van der Waals surface area contributed by atoms with E-state index < -0.39 is 6.04 Å². The summed E-state index contributed by atoms with van der Waals surface area (Å²) in [7, 11) is 3.12. The fourth-order valence-electron chi connectivity index (χ4n) is 5.43. The average molecular weight is 669 g/mol. The van der Waals surface area contributed by atoms with Gasteiger partial charge in [0.25, 0.3) is 11.5 Å². The van der Waals surface area contributed by atoms with E-state index in [1.165, 1.54) is 0 Å². The molecule has 0 aliphatic carbocycles. The Morgan fingerprint density at radius 2 is 1.60 bits per heavy atom. The van der Waals surface area contributed by atoms with Gasteiger partial charge >= 0.3 is 0 Å². The normalized spacial score (nSPS) is 12.2. The number of amides is 1. The standard InChI is InChI=1S/C37H38BrN3O4/c1-24(40(21-20-25-12-8-7-9-13-25)35(42)26-16-18-27(19-17-26)37(2,3)4)34-39-30-15-11-10-14-29(30)36(43)41(34)31-22-28(44-5)23-32(45-6)33(31)38/h7-19,22-24H,20-21H2,1-6H3. The van der Waals surface area contributed by atoms with Gasteiger partial charge in [-0.1, -0.05) is 75.4 Å². The number of para-hydroxylation sites is 1. The van der Waals surface area contributed by atoms with E-state index >= 15 is 0 Å². The number of benzene rings is 4. The van der Waals surface area contributed by atoms with E-state index in [1.54, 1.807) is 41.9 Å². The molecule has 0 saturated heterocycles. The van der Waals surface area contributed by atoms with Gasteiger partial charge in [-0.2, -0.15) is 0 Å². The molecule has 1 amide bonds. The molecule has 232 valence electrons. The van der Waals surface area contributed by atoms with Crippen molar-refractivity contribution < 1.29 is 14.3 Å². The molecule has 0 bridgehead atoms. The molecule has 1 heterocycles. The van der Waals surface area contributed by atoms with Crippen molar-refractivity contribution in [3.8, 4) is 17.2 Å². The van der Waals surface area contributed by atoms with Crippen molar-refractivity contribution in [2.45, 2.75) is 45.6 Å². The van der Waals surface area contributed by atoms with Gasteiger partial charge < -0.3 is 14.4 Å². The minimum Gasteiger partial charge on any atom is -0.497 e. The van der Waals surface area contributed by atoms with Crippen LogP contribution in [0.4, 0.5) is 0 Å². The van der Waals surface area contributed by atoms with Crippen LogP contribution in [0.2, 0.25) is 0 Å². The minimum atomic E-state index is -0.593. The quantitative estimate of drug-likeness (QED) is 0.160. The summed E-state index contributed by atoms with van der Waals surface area (Å²) >= 11 is 3.66. The zero-order chi connectivity index (χ0) is 32.3. The van der Waals surface area contributed by atoms with Crippen molar-refractivity contribution in [2.75, 3.05) is 20.8 Å². The van der Waals surface area contributed by atoms with Gasteiger partial charge in [0.15, 0.2) is 0 Å². The first-order valence-corrected chi connectivity index (χ1v) is 15.7. The second-order valence-electron chi connectivity index (χ2n) is 12.0. The summed E-state index contributed by atoms with van der Waals surface area (Å²) in [5.74, 6) is 1.29. The number of carbonyl (C=O) groups excluding carboxylic acids is 1. The highest BCUT2D eigenvalue weighted by atomic mass is 79.9. The van der Waals surface area contributed by atoms with Crippen LogP contribution < -0.4 is 15.0 Å². The zero-order valence-electron chi connectivity index (χ0n) is 26.5. The first-order valence-electron chi connectivity index (χ1n) is 14.9. The lowest BCUT2D eigenvalue weighted by atomic mass is 9.86. The Hall–Kier alpha value is -4.43. The van der Waals surface area contributed by atoms with Crippen LogP contribution >= 0.6 is 15.9 Å². The van der Waals surface area contributed by atoms with Gasteiger partial charge in [-0.3, -0.25) is 14.2 Å². The van der Waals surface area contributed by atoms with E-state index in [0.29, 0.717) is 56.9 Å². The molecule has 0 N–H and O–H groups in total. The predicted octanol–water partition coefficient (Wildman–Crippen LogP) is 7.91. The summed E-state index contributed by atoms with van der Waals surface area (Å²) in [5.41, 5.74) is 3.57. The Balaban J connectivity index is 1.69. The first-order chi connectivity index (χ1) is 21.5. The number of nitrogens with zero attached hydrogens (tertiary/aromatic N) is 3. The van der Waals surface area contributed by atoms with Crippen LogP contribution in [-0.2, 0) is 11.8 Å². The van der Waals surface area contributed by atoms with Crippen LogP contribution in [-0.4, -0.2) is 41.1 Å². The van der Waals surface area contributed by atoms with Gasteiger partial charge in [-0.05, 0) is 70.1 Å². The summed E-state index contributed by atoms with van der Waals surface area (Å²) < 4.78 is 13.3. The molecule has 0 saturated carbocycles. The molecule has 0 spiro atoms. The molecule has 5 rings (SSSR count). The molecule has 5 aromatic rings. The number of halogens is 1. The topological polar surface area (TPSA) is 73.7 Å². The van der Waals surface area contributed by atoms with Crippen LogP contribution in [0.5, 0.6) is 11.5 Å². The number of methoxy groups -OCH3 is 2. The number of aromatic nitrogens is 2. The lowest BCUT2D eigenvalue weighted by molar-refractivity contribution is 0.0683. The third-order valence-electron chi connectivity index (χ3n) is 8.08. The van der Waals surface area contributed by atoms with Crippen LogP contribution in [0.25, 0.3) is 16.6 Å². The van der Waals surface area contributed by atoms with Crippen LogP contribution in [0.3, 0.4) is 0 Å². The van der Waals surface area contributed by atoms with Crippen LogP contribution in [0.15, 0.2) is 100 Å². The van der Waals surface area contributed by atoms with Gasteiger partial charge in [-0.15, -0.1) is 0 Å². The molecule has 8 heteroatoms. The summed E-state index contributed by atoms with van der Waals surface area (Å²) in [4.78, 5) is 35.5. The smallest absolute Gasteiger partial charge is 0.266 e. The molecule has 0 radical (unpaired) electrons. The lowest BCUT2D eigenvalue weighted by Crippen LogP contribution is -2.39. The number of fused-ring (bicyclic) bond motifs is 1. The second kappa shape index (κ2) is 13.3. The molecule has 0 aliphatic heterocycles. The Morgan fingerprint density at radius 3 is 2.24 bits per heavy atom. The Labute approximate surface area is 272 Å². The van der Waals surface area contributed by atoms with E-state index in [2.05, 4.69) is 48.8 Å². The van der Waals surface area contributed by atoms with Crippen molar-refractivity contribution in [3.63, 3.8) is 0 Å². The van der Waals surface area contributed by atoms with Gasteiger partial charge in [-0.25, -0.2) is 4.98 Å². The third kappa shape index (κ3) is 6.66. The highest BCUT2D eigenvalue weighted by molar-refractivity contribution is 9.10. The fraction of sp³-hybridized carbons (Fsp3) is 0.270. The lowest BCUT2D eigenvalue weighted by Gasteiger charge is -2.31. The number of hydrogen-bond donors (Lipinski definition) is 0. The molecule has 1 aromatic heterocycles. The number of carbonyl (C=O) groups is 1. The Morgan fingerprint density at radius 1 is 0.933 bits per heavy atom. The maximum Gasteiger partial charge on any atom is 0.266 e. The largest absolute Gasteiger partial charge is 0.497 e. The zero-order valence-corrected chi connectivity index (χ0v) is 28.1. The molecule has 45 heavy (non-hydrogen) atoms. The molecular weight excluding hydrogens is 630 g/mol. The summed E-state index contributed by atoms with van der Waals surface area (Å²) in [5, 5.41) is 0.460. The van der Waals surface area contributed by atoms with E-state index in [0.717, 1.165) is 11.1 Å². The van der Waals surface area contributed by atoms with Crippen molar-refractivity contribution in [1.82, 2.24) is 14.5 Å². The fourth-order valence-corrected chi connectivity index (χ4v) is 6.00. The predicted molar refractivity (Wildman–Crippen MR) is 183 cm³/mol. The van der Waals surface area contributed by atoms with Crippen molar-refractivity contribution in [2.24, 2.45) is 0 Å². The number of rotatable bonds is 9. The van der Waals surface area contributed by atoms with Crippen molar-refractivity contribution >= 4 is 32.7 Å². The highest BCUT2D eigenvalue weighted by Crippen LogP contribution is 2.37. The monoisotopic (exact) mass is 667 g/mol. The molecule has 7 nitrogen and oxygen atoms in total. The minimum absolute atomic E-state index is 0.0435. The van der Waals surface area contributed by atoms with Crippen molar-refractivity contribution in [3.05, 3.63) is 128 Å². The van der Waals surface area contributed by atoms with Gasteiger partial charge in [0.1, 0.15) is 17.3 Å². The van der Waals surface area contributed by atoms with Gasteiger partial charge in [0.05, 0.1) is 41.3 Å². The Bertz CT molecular complexity index is 1880. The van der Waals surface area contributed by atoms with Gasteiger partial charge in [0, 0.05) is 24.2 Å². The summed E-state index contributed by atoms with van der Waals surface area (Å²) in [6.45, 7) is 8.78. The van der Waals surface area contributed by atoms with Gasteiger partial charge in [0.2, 0.25) is 0 Å². The van der Waals surface area contributed by atoms with E-state index in [-0.39, 0.29) is 16.9 Å². The maximum atomic E-state index is 14.4. The SMILES string of the molecule is COc1cc(OC)c(Br)c(-n2c(C(C)N(CCc3ccccc3)C(=O)c3ccc(C(C)(C)C)cc3)nc3ccccc3c2=O)c1. The van der Waals surface area contributed by atoms with Crippen molar-refractivity contribution in [1.29, 1.82) is 0 Å². The Kier molecular flexibility index (Phi) is 9.44. The molecular formula is C37H38BrN3O4. The first kappa shape index (κ1) is 32.0. The maximum absolute atomic E-state index is 14.4. The molecule has 1 unspecified atom stereocenters. The van der Waals surface area contributed by atoms with Crippen LogP contribution in [0.1, 0.15) is 61.0 Å². The highest BCUT2D eigenvalue weighted by Gasteiger charge is 2.29. The molecule has 4 aromatic carbocycles. The summed E-state index contributed by atoms with van der Waals surface area (Å²) in [6, 6.07) is 28.0. The number of hydrogen-bond acceptors (Lipinski definition) is 5. The van der Waals surface area contributed by atoms with E-state index in [9.17, 15) is 9.59 Å². The van der Waals surface area contributed by atoms with Crippen LogP contribution in [0, 0.1) is 0 Å². The average Bonchev–Trinajstić information content (AvgIpc) is 3.05. The molecule has 1 atom stereocenters. The third-order valence-corrected chi connectivity index (χ3v) is 8.87. The molecule has 0 fully saturated rings. The van der Waals surface area contributed by atoms with E-state index in [4.69, 9.17) is 14.5 Å².